The van der Waals surface area contributed by atoms with Crippen LogP contribution >= 0.6 is 0 Å². The molecule has 1 aromatic carbocycles. The molecule has 0 aromatic heterocycles. The van der Waals surface area contributed by atoms with Gasteiger partial charge in [0.1, 0.15) is 5.78 Å². The van der Waals surface area contributed by atoms with Crippen LogP contribution in [-0.4, -0.2) is 5.78 Å². The molecule has 49 valence electrons. The maximum Gasteiger partial charge on any atom is 0.105 e. The molecule has 1 rings (SSSR count). The number of carbonyl (C=O) groups is 1. The SMILES string of the molecule is CC(=O)c1c[c-]ccc1.[Y]. The zero-order chi connectivity index (χ0) is 6.69. The summed E-state index contributed by atoms with van der Waals surface area (Å²) < 4.78 is 0. The molecule has 0 amide bonds. The van der Waals surface area contributed by atoms with E-state index in [0.29, 0.717) is 0 Å². The average Bonchev–Trinajstić information content (AvgIpc) is 1.90. The van der Waals surface area contributed by atoms with Crippen molar-refractivity contribution in [2.24, 2.45) is 0 Å². The van der Waals surface area contributed by atoms with Gasteiger partial charge in [0, 0.05) is 32.7 Å². The van der Waals surface area contributed by atoms with Gasteiger partial charge in [0.15, 0.2) is 0 Å². The molecule has 0 aliphatic carbocycles. The molecule has 0 atom stereocenters. The number of Topliss-reactive ketones (excluding diaryl/α,β-unsaturated/α-hetero) is 1. The first-order chi connectivity index (χ1) is 4.30. The average molecular weight is 208 g/mol. The molecule has 1 aromatic rings. The third-order valence-electron chi connectivity index (χ3n) is 1.11. The predicted octanol–water partition coefficient (Wildman–Crippen LogP) is 1.69. The van der Waals surface area contributed by atoms with Gasteiger partial charge < -0.3 is 4.79 Å². The summed E-state index contributed by atoms with van der Waals surface area (Å²) in [4.78, 5) is 10.6. The van der Waals surface area contributed by atoms with E-state index in [4.69, 9.17) is 0 Å². The summed E-state index contributed by atoms with van der Waals surface area (Å²) in [6.07, 6.45) is 0. The Hall–Kier alpha value is -0.00610. The molecule has 0 aliphatic heterocycles. The summed E-state index contributed by atoms with van der Waals surface area (Å²) >= 11 is 0. The molecule has 1 radical (unpaired) electrons. The van der Waals surface area contributed by atoms with Gasteiger partial charge in [0.2, 0.25) is 0 Å². The van der Waals surface area contributed by atoms with E-state index < -0.39 is 0 Å². The maximum atomic E-state index is 10.6. The Morgan fingerprint density at radius 3 is 2.60 bits per heavy atom. The van der Waals surface area contributed by atoms with Gasteiger partial charge in [-0.15, -0.1) is 0 Å². The summed E-state index contributed by atoms with van der Waals surface area (Å²) in [7, 11) is 0. The van der Waals surface area contributed by atoms with E-state index in [2.05, 4.69) is 6.07 Å². The predicted molar refractivity (Wildman–Crippen MR) is 35.3 cm³/mol. The summed E-state index contributed by atoms with van der Waals surface area (Å²) in [5.41, 5.74) is 0.720. The Balaban J connectivity index is 0.000000810. The molecule has 0 saturated heterocycles. The van der Waals surface area contributed by atoms with E-state index in [9.17, 15) is 4.79 Å². The first-order valence-corrected chi connectivity index (χ1v) is 2.78. The van der Waals surface area contributed by atoms with Crippen LogP contribution < -0.4 is 0 Å². The normalized spacial score (nSPS) is 8.10. The Kier molecular flexibility index (Phi) is 4.75. The molecule has 0 aliphatic rings. The number of rotatable bonds is 1. The quantitative estimate of drug-likeness (QED) is 0.507. The fraction of sp³-hybridized carbons (Fsp3) is 0.125. The Labute approximate surface area is 85.7 Å². The van der Waals surface area contributed by atoms with Gasteiger partial charge in [0.05, 0.1) is 0 Å². The van der Waals surface area contributed by atoms with Crippen molar-refractivity contribution < 1.29 is 37.5 Å². The van der Waals surface area contributed by atoms with Crippen LogP contribution in [-0.2, 0) is 32.7 Å². The molecule has 0 unspecified atom stereocenters. The van der Waals surface area contributed by atoms with Gasteiger partial charge >= 0.3 is 0 Å². The Morgan fingerprint density at radius 1 is 1.60 bits per heavy atom. The third-order valence-corrected chi connectivity index (χ3v) is 1.11. The molecule has 0 spiro atoms. The minimum absolute atomic E-state index is 0. The standard InChI is InChI=1S/C8H7O.Y/c1-7(9)8-5-3-2-4-6-8;/h2-3,5-6H,1H3;/q-1;. The van der Waals surface area contributed by atoms with Crippen LogP contribution in [0.5, 0.6) is 0 Å². The minimum Gasteiger partial charge on any atom is -0.309 e. The summed E-state index contributed by atoms with van der Waals surface area (Å²) in [6, 6.07) is 9.85. The maximum absolute atomic E-state index is 10.6. The van der Waals surface area contributed by atoms with Crippen LogP contribution in [0.3, 0.4) is 0 Å². The van der Waals surface area contributed by atoms with Crippen LogP contribution in [0.4, 0.5) is 0 Å². The van der Waals surface area contributed by atoms with E-state index in [1.165, 1.54) is 0 Å². The second-order valence-electron chi connectivity index (χ2n) is 1.85. The van der Waals surface area contributed by atoms with E-state index >= 15 is 0 Å². The molecule has 10 heavy (non-hydrogen) atoms. The van der Waals surface area contributed by atoms with E-state index in [0.717, 1.165) is 5.56 Å². The zero-order valence-corrected chi connectivity index (χ0v) is 8.63. The molecule has 0 N–H and O–H groups in total. The number of hydrogen-bond donors (Lipinski definition) is 0. The van der Waals surface area contributed by atoms with Crippen molar-refractivity contribution in [2.75, 3.05) is 0 Å². The zero-order valence-electron chi connectivity index (χ0n) is 5.79. The molecule has 0 fully saturated rings. The van der Waals surface area contributed by atoms with Crippen LogP contribution in [0.2, 0.25) is 0 Å². The van der Waals surface area contributed by atoms with Crippen molar-refractivity contribution >= 4 is 5.78 Å². The van der Waals surface area contributed by atoms with E-state index in [-0.39, 0.29) is 38.5 Å². The third kappa shape index (κ3) is 2.72. The van der Waals surface area contributed by atoms with Crippen LogP contribution in [0, 0.1) is 6.07 Å². The van der Waals surface area contributed by atoms with Crippen molar-refractivity contribution in [1.82, 2.24) is 0 Å². The Morgan fingerprint density at radius 2 is 2.30 bits per heavy atom. The minimum atomic E-state index is 0. The first kappa shape index (κ1) is 9.99. The van der Waals surface area contributed by atoms with Crippen LogP contribution in [0.15, 0.2) is 24.3 Å². The number of ketones is 1. The molecular weight excluding hydrogens is 201 g/mol. The fourth-order valence-corrected chi connectivity index (χ4v) is 0.612. The van der Waals surface area contributed by atoms with Gasteiger partial charge in [-0.2, -0.15) is 30.3 Å². The monoisotopic (exact) mass is 208 g/mol. The van der Waals surface area contributed by atoms with Crippen molar-refractivity contribution in [3.8, 4) is 0 Å². The summed E-state index contributed by atoms with van der Waals surface area (Å²) in [5.74, 6) is 0.0897. The number of carbonyl (C=O) groups excluding carboxylic acids is 1. The van der Waals surface area contributed by atoms with Gasteiger partial charge in [0.25, 0.3) is 0 Å². The molecule has 0 heterocycles. The first-order valence-electron chi connectivity index (χ1n) is 2.78. The molecule has 0 saturated carbocycles. The van der Waals surface area contributed by atoms with Gasteiger partial charge in [-0.1, -0.05) is 5.56 Å². The van der Waals surface area contributed by atoms with Crippen LogP contribution in [0.1, 0.15) is 17.3 Å². The second-order valence-corrected chi connectivity index (χ2v) is 1.85. The molecule has 2 heteroatoms. The molecular formula is C8H7OY-. The van der Waals surface area contributed by atoms with Crippen molar-refractivity contribution in [3.05, 3.63) is 35.9 Å². The largest absolute Gasteiger partial charge is 0.309 e. The van der Waals surface area contributed by atoms with E-state index in [1.54, 1.807) is 31.2 Å². The fourth-order valence-electron chi connectivity index (χ4n) is 0.612. The molecule has 0 bridgehead atoms. The van der Waals surface area contributed by atoms with Crippen molar-refractivity contribution in [1.29, 1.82) is 0 Å². The Bertz CT molecular complexity index is 206. The number of hydrogen-bond acceptors (Lipinski definition) is 1. The van der Waals surface area contributed by atoms with Gasteiger partial charge in [-0.25, -0.2) is 0 Å². The van der Waals surface area contributed by atoms with Crippen LogP contribution in [0.25, 0.3) is 0 Å². The smallest absolute Gasteiger partial charge is 0.105 e. The van der Waals surface area contributed by atoms with Gasteiger partial charge in [-0.3, -0.25) is 0 Å². The summed E-state index contributed by atoms with van der Waals surface area (Å²) in [5, 5.41) is 0. The number of benzene rings is 1. The molecule has 1 nitrogen and oxygen atoms in total. The van der Waals surface area contributed by atoms with Crippen molar-refractivity contribution in [3.63, 3.8) is 0 Å². The van der Waals surface area contributed by atoms with E-state index in [1.807, 2.05) is 0 Å². The second kappa shape index (κ2) is 4.76. The topological polar surface area (TPSA) is 17.1 Å². The van der Waals surface area contributed by atoms with Gasteiger partial charge in [-0.05, 0) is 6.92 Å². The van der Waals surface area contributed by atoms with Crippen molar-refractivity contribution in [2.45, 2.75) is 6.92 Å². The summed E-state index contributed by atoms with van der Waals surface area (Å²) in [6.45, 7) is 1.54.